The van der Waals surface area contributed by atoms with Gasteiger partial charge in [0.15, 0.2) is 5.78 Å². The van der Waals surface area contributed by atoms with Crippen LogP contribution in [0.4, 0.5) is 11.4 Å². The van der Waals surface area contributed by atoms with Gasteiger partial charge in [-0.3, -0.25) is 14.4 Å². The van der Waals surface area contributed by atoms with Crippen LogP contribution in [0.2, 0.25) is 0 Å². The van der Waals surface area contributed by atoms with Gasteiger partial charge in [-0.2, -0.15) is 0 Å². The molecule has 0 bridgehead atoms. The molecule has 0 aromatic heterocycles. The van der Waals surface area contributed by atoms with Gasteiger partial charge in [0, 0.05) is 43.1 Å². The first-order valence-corrected chi connectivity index (χ1v) is 9.01. The zero-order chi connectivity index (χ0) is 19.2. The molecule has 140 valence electrons. The van der Waals surface area contributed by atoms with Crippen LogP contribution < -0.4 is 10.2 Å². The topological polar surface area (TPSA) is 69.7 Å². The zero-order valence-electron chi connectivity index (χ0n) is 15.4. The van der Waals surface area contributed by atoms with Crippen LogP contribution >= 0.6 is 0 Å². The number of para-hydroxylation sites is 1. The smallest absolute Gasteiger partial charge is 0.233 e. The summed E-state index contributed by atoms with van der Waals surface area (Å²) in [7, 11) is 0. The summed E-state index contributed by atoms with van der Waals surface area (Å²) in [5, 5.41) is 2.70. The molecule has 1 aliphatic rings. The second-order valence-electron chi connectivity index (χ2n) is 6.56. The summed E-state index contributed by atoms with van der Waals surface area (Å²) in [5.74, 6) is -0.542. The normalized spacial score (nSPS) is 14.0. The lowest BCUT2D eigenvalue weighted by molar-refractivity contribution is -0.134. The molecule has 6 nitrogen and oxygen atoms in total. The summed E-state index contributed by atoms with van der Waals surface area (Å²) >= 11 is 0. The van der Waals surface area contributed by atoms with Crippen molar-refractivity contribution in [2.24, 2.45) is 0 Å². The first kappa shape index (κ1) is 18.6. The molecule has 1 heterocycles. The van der Waals surface area contributed by atoms with Gasteiger partial charge in [-0.25, -0.2) is 0 Å². The molecule has 0 atom stereocenters. The number of hydrogen-bond donors (Lipinski definition) is 1. The van der Waals surface area contributed by atoms with E-state index in [4.69, 9.17) is 0 Å². The standard InChI is InChI=1S/C21H23N3O3/c1-16(25)17-7-9-18(10-8-17)22-20(26)15-21(27)24-13-11-23(12-14-24)19-5-3-2-4-6-19/h2-10H,11-15H2,1H3,(H,22,26). The van der Waals surface area contributed by atoms with Crippen molar-refractivity contribution in [3.8, 4) is 0 Å². The second-order valence-corrected chi connectivity index (χ2v) is 6.56. The summed E-state index contributed by atoms with van der Waals surface area (Å²) in [6, 6.07) is 16.7. The molecule has 1 N–H and O–H groups in total. The number of benzene rings is 2. The highest BCUT2D eigenvalue weighted by Crippen LogP contribution is 2.16. The third-order valence-electron chi connectivity index (χ3n) is 4.64. The quantitative estimate of drug-likeness (QED) is 0.653. The largest absolute Gasteiger partial charge is 0.368 e. The third-order valence-corrected chi connectivity index (χ3v) is 4.64. The molecular formula is C21H23N3O3. The van der Waals surface area contributed by atoms with E-state index in [-0.39, 0.29) is 24.0 Å². The molecule has 6 heteroatoms. The van der Waals surface area contributed by atoms with Gasteiger partial charge in [0.2, 0.25) is 11.8 Å². The number of carbonyl (C=O) groups is 3. The Balaban J connectivity index is 1.47. The van der Waals surface area contributed by atoms with Crippen molar-refractivity contribution in [1.82, 2.24) is 4.90 Å². The number of Topliss-reactive ketones (excluding diaryl/α,β-unsaturated/α-hetero) is 1. The van der Waals surface area contributed by atoms with Crippen molar-refractivity contribution in [3.63, 3.8) is 0 Å². The average molecular weight is 365 g/mol. The minimum absolute atomic E-state index is 0.0299. The van der Waals surface area contributed by atoms with Crippen molar-refractivity contribution in [2.45, 2.75) is 13.3 Å². The van der Waals surface area contributed by atoms with Crippen LogP contribution in [0.15, 0.2) is 54.6 Å². The third kappa shape index (κ3) is 4.94. The molecule has 1 fully saturated rings. The van der Waals surface area contributed by atoms with Crippen LogP contribution in [0.25, 0.3) is 0 Å². The number of hydrogen-bond acceptors (Lipinski definition) is 4. The van der Waals surface area contributed by atoms with E-state index in [2.05, 4.69) is 22.3 Å². The Bertz CT molecular complexity index is 810. The van der Waals surface area contributed by atoms with Crippen LogP contribution in [-0.4, -0.2) is 48.7 Å². The maximum absolute atomic E-state index is 12.4. The molecule has 0 radical (unpaired) electrons. The van der Waals surface area contributed by atoms with Crippen LogP contribution in [-0.2, 0) is 9.59 Å². The van der Waals surface area contributed by atoms with Gasteiger partial charge in [0.1, 0.15) is 6.42 Å². The van der Waals surface area contributed by atoms with Gasteiger partial charge in [0.05, 0.1) is 0 Å². The molecule has 1 aliphatic heterocycles. The Morgan fingerprint density at radius 3 is 2.11 bits per heavy atom. The summed E-state index contributed by atoms with van der Waals surface area (Å²) in [6.07, 6.45) is -0.181. The first-order chi connectivity index (χ1) is 13.0. The van der Waals surface area contributed by atoms with Gasteiger partial charge in [-0.05, 0) is 43.3 Å². The average Bonchev–Trinajstić information content (AvgIpc) is 2.69. The maximum atomic E-state index is 12.4. The van der Waals surface area contributed by atoms with E-state index in [1.807, 2.05) is 18.2 Å². The van der Waals surface area contributed by atoms with E-state index >= 15 is 0 Å². The van der Waals surface area contributed by atoms with Crippen molar-refractivity contribution >= 4 is 29.0 Å². The Morgan fingerprint density at radius 1 is 0.889 bits per heavy atom. The molecule has 3 rings (SSSR count). The summed E-state index contributed by atoms with van der Waals surface area (Å²) in [4.78, 5) is 39.8. The lowest BCUT2D eigenvalue weighted by Crippen LogP contribution is -2.49. The number of nitrogens with zero attached hydrogens (tertiary/aromatic N) is 2. The number of amides is 2. The summed E-state index contributed by atoms with van der Waals surface area (Å²) < 4.78 is 0. The Kier molecular flexibility index (Phi) is 5.86. The minimum atomic E-state index is -0.346. The van der Waals surface area contributed by atoms with Crippen LogP contribution in [0, 0.1) is 0 Å². The Hall–Kier alpha value is -3.15. The number of rotatable bonds is 5. The monoisotopic (exact) mass is 365 g/mol. The van der Waals surface area contributed by atoms with Gasteiger partial charge >= 0.3 is 0 Å². The molecule has 0 aliphatic carbocycles. The van der Waals surface area contributed by atoms with Crippen molar-refractivity contribution in [1.29, 1.82) is 0 Å². The lowest BCUT2D eigenvalue weighted by Gasteiger charge is -2.36. The molecule has 0 unspecified atom stereocenters. The Morgan fingerprint density at radius 2 is 1.52 bits per heavy atom. The summed E-state index contributed by atoms with van der Waals surface area (Å²) in [6.45, 7) is 4.21. The number of piperazine rings is 1. The molecule has 2 aromatic carbocycles. The van der Waals surface area contributed by atoms with Crippen LogP contribution in [0.5, 0.6) is 0 Å². The number of ketones is 1. The van der Waals surface area contributed by atoms with Crippen molar-refractivity contribution in [3.05, 3.63) is 60.2 Å². The minimum Gasteiger partial charge on any atom is -0.368 e. The predicted molar refractivity (Wildman–Crippen MR) is 105 cm³/mol. The number of anilines is 2. The fourth-order valence-electron chi connectivity index (χ4n) is 3.10. The van der Waals surface area contributed by atoms with Crippen molar-refractivity contribution in [2.75, 3.05) is 36.4 Å². The fourth-order valence-corrected chi connectivity index (χ4v) is 3.10. The predicted octanol–water partition coefficient (Wildman–Crippen LogP) is 2.57. The second kappa shape index (κ2) is 8.49. The number of carbonyl (C=O) groups excluding carboxylic acids is 3. The van der Waals surface area contributed by atoms with Gasteiger partial charge < -0.3 is 15.1 Å². The molecule has 27 heavy (non-hydrogen) atoms. The molecule has 0 spiro atoms. The van der Waals surface area contributed by atoms with E-state index in [0.29, 0.717) is 24.3 Å². The van der Waals surface area contributed by atoms with Gasteiger partial charge in [-0.15, -0.1) is 0 Å². The van der Waals surface area contributed by atoms with E-state index in [1.54, 1.807) is 29.2 Å². The molecular weight excluding hydrogens is 342 g/mol. The molecule has 2 amide bonds. The first-order valence-electron chi connectivity index (χ1n) is 9.01. The van der Waals surface area contributed by atoms with Crippen molar-refractivity contribution < 1.29 is 14.4 Å². The molecule has 0 saturated carbocycles. The Labute approximate surface area is 158 Å². The van der Waals surface area contributed by atoms with E-state index in [0.717, 1.165) is 18.8 Å². The van der Waals surface area contributed by atoms with Crippen LogP contribution in [0.1, 0.15) is 23.7 Å². The molecule has 1 saturated heterocycles. The number of nitrogens with one attached hydrogen (secondary N) is 1. The van der Waals surface area contributed by atoms with E-state index < -0.39 is 0 Å². The highest BCUT2D eigenvalue weighted by Gasteiger charge is 2.23. The summed E-state index contributed by atoms with van der Waals surface area (Å²) in [5.41, 5.74) is 2.31. The van der Waals surface area contributed by atoms with Gasteiger partial charge in [-0.1, -0.05) is 18.2 Å². The SMILES string of the molecule is CC(=O)c1ccc(NC(=O)CC(=O)N2CCN(c3ccccc3)CC2)cc1. The lowest BCUT2D eigenvalue weighted by atomic mass is 10.1. The molecule has 2 aromatic rings. The highest BCUT2D eigenvalue weighted by atomic mass is 16.2. The highest BCUT2D eigenvalue weighted by molar-refractivity contribution is 6.04. The van der Waals surface area contributed by atoms with Crippen LogP contribution in [0.3, 0.4) is 0 Å². The maximum Gasteiger partial charge on any atom is 0.233 e. The van der Waals surface area contributed by atoms with Gasteiger partial charge in [0.25, 0.3) is 0 Å². The van der Waals surface area contributed by atoms with E-state index in [1.165, 1.54) is 6.92 Å². The van der Waals surface area contributed by atoms with E-state index in [9.17, 15) is 14.4 Å². The fraction of sp³-hybridized carbons (Fsp3) is 0.286. The zero-order valence-corrected chi connectivity index (χ0v) is 15.4.